The number of hydrogen-bond donors (Lipinski definition) is 2. The molecule has 1 aromatic heterocycles. The van der Waals surface area contributed by atoms with Crippen LogP contribution < -0.4 is 5.32 Å². The zero-order chi connectivity index (χ0) is 14.1. The van der Waals surface area contributed by atoms with Gasteiger partial charge in [-0.1, -0.05) is 25.5 Å². The van der Waals surface area contributed by atoms with Crippen LogP contribution in [0.5, 0.6) is 0 Å². The molecule has 4 nitrogen and oxygen atoms in total. The number of aryl methyl sites for hydroxylation is 2. The average Bonchev–Trinajstić information content (AvgIpc) is 2.82. The summed E-state index contributed by atoms with van der Waals surface area (Å²) < 4.78 is 1.94. The third kappa shape index (κ3) is 7.57. The maximum Gasteiger partial charge on any atom is 0.0827 e. The lowest BCUT2D eigenvalue weighted by Crippen LogP contribution is -2.11. The standard InChI is InChI=1S/C14H28N4S/c1-12(7-9-15-3)5-4-6-14-11-18(17-16-14)10-8-13(2)19/h11-13,15,19H,4-10H2,1-3H3. The first kappa shape index (κ1) is 16.5. The molecular weight excluding hydrogens is 256 g/mol. The van der Waals surface area contributed by atoms with Crippen LogP contribution in [-0.4, -0.2) is 33.8 Å². The summed E-state index contributed by atoms with van der Waals surface area (Å²) in [6.07, 6.45) is 7.87. The molecule has 2 unspecified atom stereocenters. The fourth-order valence-electron chi connectivity index (χ4n) is 2.05. The Morgan fingerprint density at radius 3 is 2.79 bits per heavy atom. The van der Waals surface area contributed by atoms with Gasteiger partial charge in [0, 0.05) is 18.0 Å². The third-order valence-corrected chi connectivity index (χ3v) is 3.64. The summed E-state index contributed by atoms with van der Waals surface area (Å²) in [6.45, 7) is 6.45. The Balaban J connectivity index is 2.19. The summed E-state index contributed by atoms with van der Waals surface area (Å²) in [5.74, 6) is 0.785. The van der Waals surface area contributed by atoms with Gasteiger partial charge in [0.1, 0.15) is 0 Å². The monoisotopic (exact) mass is 284 g/mol. The van der Waals surface area contributed by atoms with Gasteiger partial charge in [-0.3, -0.25) is 4.68 Å². The van der Waals surface area contributed by atoms with E-state index in [9.17, 15) is 0 Å². The maximum atomic E-state index is 4.38. The first-order valence-electron chi connectivity index (χ1n) is 7.33. The summed E-state index contributed by atoms with van der Waals surface area (Å²) in [6, 6.07) is 0. The van der Waals surface area contributed by atoms with Gasteiger partial charge in [0.15, 0.2) is 0 Å². The van der Waals surface area contributed by atoms with Crippen LogP contribution >= 0.6 is 12.6 Å². The molecule has 0 amide bonds. The van der Waals surface area contributed by atoms with Gasteiger partial charge in [0.05, 0.1) is 5.69 Å². The van der Waals surface area contributed by atoms with Gasteiger partial charge in [0.2, 0.25) is 0 Å². The van der Waals surface area contributed by atoms with Crippen molar-refractivity contribution in [3.05, 3.63) is 11.9 Å². The van der Waals surface area contributed by atoms with Gasteiger partial charge in [-0.05, 0) is 45.2 Å². The number of nitrogens with zero attached hydrogens (tertiary/aromatic N) is 3. The SMILES string of the molecule is CNCCC(C)CCCc1cn(CCC(C)S)nn1. The second kappa shape index (κ2) is 9.37. The zero-order valence-electron chi connectivity index (χ0n) is 12.5. The van der Waals surface area contributed by atoms with Crippen LogP contribution in [-0.2, 0) is 13.0 Å². The van der Waals surface area contributed by atoms with Crippen molar-refractivity contribution in [3.63, 3.8) is 0 Å². The highest BCUT2D eigenvalue weighted by atomic mass is 32.1. The number of rotatable bonds is 10. The van der Waals surface area contributed by atoms with E-state index in [0.717, 1.165) is 37.5 Å². The van der Waals surface area contributed by atoms with E-state index in [0.29, 0.717) is 5.25 Å². The van der Waals surface area contributed by atoms with E-state index in [1.165, 1.54) is 19.3 Å². The summed E-state index contributed by atoms with van der Waals surface area (Å²) in [5, 5.41) is 12.0. The first-order valence-corrected chi connectivity index (χ1v) is 7.85. The molecule has 1 aromatic rings. The summed E-state index contributed by atoms with van der Waals surface area (Å²) in [5.41, 5.74) is 1.12. The second-order valence-electron chi connectivity index (χ2n) is 5.50. The van der Waals surface area contributed by atoms with E-state index < -0.39 is 0 Å². The van der Waals surface area contributed by atoms with E-state index in [1.54, 1.807) is 0 Å². The lowest BCUT2D eigenvalue weighted by Gasteiger charge is -2.09. The molecule has 5 heteroatoms. The largest absolute Gasteiger partial charge is 0.320 e. The summed E-state index contributed by atoms with van der Waals surface area (Å²) >= 11 is 4.38. The molecule has 0 fully saturated rings. The Bertz CT molecular complexity index is 338. The Labute approximate surface area is 122 Å². The van der Waals surface area contributed by atoms with E-state index in [1.807, 2.05) is 11.7 Å². The van der Waals surface area contributed by atoms with Crippen LogP contribution in [0.2, 0.25) is 0 Å². The van der Waals surface area contributed by atoms with Crippen molar-refractivity contribution in [2.75, 3.05) is 13.6 Å². The van der Waals surface area contributed by atoms with Crippen molar-refractivity contribution in [2.45, 2.75) is 57.7 Å². The molecule has 0 radical (unpaired) electrons. The predicted octanol–water partition coefficient (Wildman–Crippen LogP) is 2.55. The Kier molecular flexibility index (Phi) is 8.14. The highest BCUT2D eigenvalue weighted by molar-refractivity contribution is 7.80. The molecule has 0 aliphatic heterocycles. The molecule has 0 aliphatic carbocycles. The molecule has 19 heavy (non-hydrogen) atoms. The second-order valence-corrected chi connectivity index (χ2v) is 6.38. The normalized spacial score (nSPS) is 14.5. The molecule has 1 N–H and O–H groups in total. The van der Waals surface area contributed by atoms with Crippen LogP contribution in [0, 0.1) is 5.92 Å². The minimum absolute atomic E-state index is 0.417. The maximum absolute atomic E-state index is 4.38. The molecule has 0 aliphatic rings. The molecule has 1 heterocycles. The van der Waals surface area contributed by atoms with Gasteiger partial charge < -0.3 is 5.32 Å². The summed E-state index contributed by atoms with van der Waals surface area (Å²) in [7, 11) is 2.01. The smallest absolute Gasteiger partial charge is 0.0827 e. The molecular formula is C14H28N4S. The third-order valence-electron chi connectivity index (χ3n) is 3.38. The summed E-state index contributed by atoms with van der Waals surface area (Å²) in [4.78, 5) is 0. The fraction of sp³-hybridized carbons (Fsp3) is 0.857. The molecule has 110 valence electrons. The number of hydrogen-bond acceptors (Lipinski definition) is 4. The molecule has 0 bridgehead atoms. The lowest BCUT2D eigenvalue weighted by molar-refractivity contribution is 0.465. The molecule has 0 spiro atoms. The van der Waals surface area contributed by atoms with E-state index in [-0.39, 0.29) is 0 Å². The Hall–Kier alpha value is -0.550. The molecule has 0 saturated heterocycles. The van der Waals surface area contributed by atoms with Crippen molar-refractivity contribution in [1.29, 1.82) is 0 Å². The highest BCUT2D eigenvalue weighted by Crippen LogP contribution is 2.12. The number of nitrogens with one attached hydrogen (secondary N) is 1. The van der Waals surface area contributed by atoms with Crippen LogP contribution in [0.4, 0.5) is 0 Å². The van der Waals surface area contributed by atoms with Crippen LogP contribution in [0.3, 0.4) is 0 Å². The van der Waals surface area contributed by atoms with Crippen molar-refractivity contribution in [2.24, 2.45) is 5.92 Å². The van der Waals surface area contributed by atoms with E-state index in [4.69, 9.17) is 0 Å². The molecule has 1 rings (SSSR count). The number of aromatic nitrogens is 3. The first-order chi connectivity index (χ1) is 9.11. The highest BCUT2D eigenvalue weighted by Gasteiger charge is 2.05. The lowest BCUT2D eigenvalue weighted by atomic mass is 10.00. The Morgan fingerprint density at radius 2 is 2.11 bits per heavy atom. The Morgan fingerprint density at radius 1 is 1.32 bits per heavy atom. The number of thiol groups is 1. The van der Waals surface area contributed by atoms with Crippen LogP contribution in [0.15, 0.2) is 6.20 Å². The van der Waals surface area contributed by atoms with Crippen molar-refractivity contribution >= 4 is 12.6 Å². The molecule has 0 aromatic carbocycles. The minimum atomic E-state index is 0.417. The molecule has 0 saturated carbocycles. The van der Waals surface area contributed by atoms with Gasteiger partial charge in [-0.15, -0.1) is 5.10 Å². The predicted molar refractivity (Wildman–Crippen MR) is 83.7 cm³/mol. The van der Waals surface area contributed by atoms with E-state index >= 15 is 0 Å². The topological polar surface area (TPSA) is 42.7 Å². The van der Waals surface area contributed by atoms with Crippen LogP contribution in [0.25, 0.3) is 0 Å². The van der Waals surface area contributed by atoms with Gasteiger partial charge >= 0.3 is 0 Å². The zero-order valence-corrected chi connectivity index (χ0v) is 13.4. The molecule has 2 atom stereocenters. The quantitative estimate of drug-likeness (QED) is 0.649. The van der Waals surface area contributed by atoms with E-state index in [2.05, 4.69) is 48.3 Å². The van der Waals surface area contributed by atoms with Gasteiger partial charge in [-0.25, -0.2) is 0 Å². The van der Waals surface area contributed by atoms with Crippen molar-refractivity contribution in [1.82, 2.24) is 20.3 Å². The van der Waals surface area contributed by atoms with Gasteiger partial charge in [-0.2, -0.15) is 12.6 Å². The van der Waals surface area contributed by atoms with Crippen molar-refractivity contribution in [3.8, 4) is 0 Å². The fourth-order valence-corrected chi connectivity index (χ4v) is 2.16. The van der Waals surface area contributed by atoms with Crippen molar-refractivity contribution < 1.29 is 0 Å². The average molecular weight is 284 g/mol. The van der Waals surface area contributed by atoms with Crippen LogP contribution in [0.1, 0.15) is 45.2 Å². The minimum Gasteiger partial charge on any atom is -0.320 e. The van der Waals surface area contributed by atoms with Gasteiger partial charge in [0.25, 0.3) is 0 Å².